The molecular weight excluding hydrogens is 449 g/mol. The van der Waals surface area contributed by atoms with Crippen molar-refractivity contribution in [2.75, 3.05) is 18.0 Å². The second-order valence-corrected chi connectivity index (χ2v) is 8.00. The fourth-order valence-corrected chi connectivity index (χ4v) is 3.90. The molecule has 0 aliphatic carbocycles. The molecule has 0 amide bonds. The summed E-state index contributed by atoms with van der Waals surface area (Å²) in [5, 5.41) is 8.42. The van der Waals surface area contributed by atoms with Crippen LogP contribution >= 0.6 is 0 Å². The highest BCUT2D eigenvalue weighted by Crippen LogP contribution is 2.27. The van der Waals surface area contributed by atoms with Crippen LogP contribution in [0.15, 0.2) is 53.1 Å². The fraction of sp³-hybridized carbons (Fsp3) is 0.304. The molecule has 8 nitrogen and oxygen atoms in total. The highest BCUT2D eigenvalue weighted by Gasteiger charge is 2.31. The van der Waals surface area contributed by atoms with Gasteiger partial charge in [-0.3, -0.25) is 0 Å². The first-order valence-electron chi connectivity index (χ1n) is 10.8. The number of nitrogens with zero attached hydrogens (tertiary/aromatic N) is 6. The maximum Gasteiger partial charge on any atom is 0.573 e. The molecule has 0 radical (unpaired) electrons. The lowest BCUT2D eigenvalue weighted by molar-refractivity contribution is -0.274. The van der Waals surface area contributed by atoms with Crippen LogP contribution in [0.25, 0.3) is 23.1 Å². The predicted molar refractivity (Wildman–Crippen MR) is 117 cm³/mol. The first kappa shape index (κ1) is 21.9. The van der Waals surface area contributed by atoms with Crippen molar-refractivity contribution < 1.29 is 22.4 Å². The van der Waals surface area contributed by atoms with Crippen molar-refractivity contribution in [3.8, 4) is 28.9 Å². The Morgan fingerprint density at radius 3 is 2.50 bits per heavy atom. The average molecular weight is 470 g/mol. The van der Waals surface area contributed by atoms with Crippen LogP contribution in [0.5, 0.6) is 5.75 Å². The molecule has 0 bridgehead atoms. The molecule has 1 aliphatic heterocycles. The number of benzene rings is 2. The first-order chi connectivity index (χ1) is 16.3. The Morgan fingerprint density at radius 2 is 1.76 bits per heavy atom. The van der Waals surface area contributed by atoms with Crippen molar-refractivity contribution in [3.63, 3.8) is 0 Å². The summed E-state index contributed by atoms with van der Waals surface area (Å²) < 4.78 is 48.0. The fourth-order valence-electron chi connectivity index (χ4n) is 3.90. The minimum absolute atomic E-state index is 0.123. The van der Waals surface area contributed by atoms with Crippen molar-refractivity contribution in [2.24, 2.45) is 0 Å². The molecule has 2 aromatic heterocycles. The van der Waals surface area contributed by atoms with Crippen molar-refractivity contribution in [3.05, 3.63) is 59.9 Å². The Labute approximate surface area is 193 Å². The average Bonchev–Trinajstić information content (AvgIpc) is 3.55. The third-order valence-corrected chi connectivity index (χ3v) is 5.53. The van der Waals surface area contributed by atoms with Gasteiger partial charge < -0.3 is 14.2 Å². The molecule has 0 saturated carbocycles. The molecule has 1 fully saturated rings. The van der Waals surface area contributed by atoms with Crippen LogP contribution in [-0.2, 0) is 6.54 Å². The molecule has 0 spiro atoms. The summed E-state index contributed by atoms with van der Waals surface area (Å²) >= 11 is 0. The van der Waals surface area contributed by atoms with Gasteiger partial charge in [0.05, 0.1) is 6.54 Å². The molecule has 1 saturated heterocycles. The quantitative estimate of drug-likeness (QED) is 0.398. The number of hydrogen-bond acceptors (Lipinski definition) is 7. The topological polar surface area (TPSA) is 82.1 Å². The predicted octanol–water partition coefficient (Wildman–Crippen LogP) is 4.85. The third kappa shape index (κ3) is 4.87. The van der Waals surface area contributed by atoms with E-state index in [1.165, 1.54) is 42.8 Å². The molecule has 3 heterocycles. The standard InChI is InChI=1S/C23H21F3N6O2/c1-15-27-21(29-32(15)14-16-5-4-6-18(13-16)31-11-2-3-12-31)22-28-20(30-34-22)17-7-9-19(10-8-17)33-23(24,25)26/h4-10,13H,2-3,11-12,14H2,1H3. The second-order valence-electron chi connectivity index (χ2n) is 8.00. The van der Waals surface area contributed by atoms with Crippen molar-refractivity contribution in [1.82, 2.24) is 24.9 Å². The molecule has 2 aromatic carbocycles. The molecule has 5 rings (SSSR count). The molecule has 0 N–H and O–H groups in total. The number of aryl methyl sites for hydroxylation is 1. The number of aromatic nitrogens is 5. The van der Waals surface area contributed by atoms with Crippen LogP contribution in [0.1, 0.15) is 24.2 Å². The Kier molecular flexibility index (Phi) is 5.68. The van der Waals surface area contributed by atoms with Gasteiger partial charge in [0.1, 0.15) is 11.6 Å². The summed E-state index contributed by atoms with van der Waals surface area (Å²) in [4.78, 5) is 11.1. The van der Waals surface area contributed by atoms with Crippen LogP contribution in [-0.4, -0.2) is 44.4 Å². The van der Waals surface area contributed by atoms with Crippen LogP contribution in [0, 0.1) is 6.92 Å². The van der Waals surface area contributed by atoms with Gasteiger partial charge in [-0.25, -0.2) is 9.67 Å². The lowest BCUT2D eigenvalue weighted by Crippen LogP contribution is -2.17. The first-order valence-corrected chi connectivity index (χ1v) is 10.8. The number of rotatable bonds is 6. The molecule has 4 aromatic rings. The zero-order chi connectivity index (χ0) is 23.7. The molecule has 0 unspecified atom stereocenters. The van der Waals surface area contributed by atoms with E-state index in [0.717, 1.165) is 18.7 Å². The van der Waals surface area contributed by atoms with Gasteiger partial charge in [0, 0.05) is 24.3 Å². The molecule has 0 atom stereocenters. The van der Waals surface area contributed by atoms with E-state index in [0.29, 0.717) is 17.9 Å². The Balaban J connectivity index is 1.31. The van der Waals surface area contributed by atoms with E-state index in [1.807, 2.05) is 13.0 Å². The maximum absolute atomic E-state index is 12.3. The smallest absolute Gasteiger partial charge is 0.406 e. The summed E-state index contributed by atoms with van der Waals surface area (Å²) in [7, 11) is 0. The van der Waals surface area contributed by atoms with E-state index >= 15 is 0 Å². The van der Waals surface area contributed by atoms with Crippen molar-refractivity contribution in [1.29, 1.82) is 0 Å². The van der Waals surface area contributed by atoms with E-state index in [9.17, 15) is 13.2 Å². The lowest BCUT2D eigenvalue weighted by Gasteiger charge is -2.18. The summed E-state index contributed by atoms with van der Waals surface area (Å²) in [6.07, 6.45) is -2.32. The Morgan fingerprint density at radius 1 is 1.00 bits per heavy atom. The van der Waals surface area contributed by atoms with Gasteiger partial charge in [0.2, 0.25) is 11.6 Å². The Hall–Kier alpha value is -3.89. The van der Waals surface area contributed by atoms with E-state index < -0.39 is 6.36 Å². The second kappa shape index (κ2) is 8.81. The minimum Gasteiger partial charge on any atom is -0.406 e. The number of hydrogen-bond donors (Lipinski definition) is 0. The van der Waals surface area contributed by atoms with E-state index in [4.69, 9.17) is 4.52 Å². The van der Waals surface area contributed by atoms with Crippen LogP contribution in [0.4, 0.5) is 18.9 Å². The molecule has 34 heavy (non-hydrogen) atoms. The Bertz CT molecular complexity index is 1280. The third-order valence-electron chi connectivity index (χ3n) is 5.53. The van der Waals surface area contributed by atoms with Crippen LogP contribution < -0.4 is 9.64 Å². The normalized spacial score (nSPS) is 14.1. The number of alkyl halides is 3. The number of anilines is 1. The van der Waals surface area contributed by atoms with Crippen LogP contribution in [0.3, 0.4) is 0 Å². The summed E-state index contributed by atoms with van der Waals surface area (Å²) in [6, 6.07) is 13.6. The van der Waals surface area contributed by atoms with Gasteiger partial charge >= 0.3 is 6.36 Å². The van der Waals surface area contributed by atoms with Gasteiger partial charge in [0.15, 0.2) is 0 Å². The van der Waals surface area contributed by atoms with E-state index in [1.54, 1.807) is 4.68 Å². The number of ether oxygens (including phenoxy) is 1. The van der Waals surface area contributed by atoms with Gasteiger partial charge in [-0.2, -0.15) is 4.98 Å². The van der Waals surface area contributed by atoms with Gasteiger partial charge in [0.25, 0.3) is 5.89 Å². The SMILES string of the molecule is Cc1nc(-c2nc(-c3ccc(OC(F)(F)F)cc3)no2)nn1Cc1cccc(N2CCCC2)c1. The highest BCUT2D eigenvalue weighted by atomic mass is 19.4. The zero-order valence-electron chi connectivity index (χ0n) is 18.3. The van der Waals surface area contributed by atoms with Gasteiger partial charge in [-0.05, 0) is 61.7 Å². The molecular formula is C23H21F3N6O2. The van der Waals surface area contributed by atoms with Crippen LogP contribution in [0.2, 0.25) is 0 Å². The summed E-state index contributed by atoms with van der Waals surface area (Å²) in [5.41, 5.74) is 2.79. The summed E-state index contributed by atoms with van der Waals surface area (Å²) in [6.45, 7) is 4.54. The van der Waals surface area contributed by atoms with E-state index in [-0.39, 0.29) is 23.3 Å². The van der Waals surface area contributed by atoms with Gasteiger partial charge in [-0.15, -0.1) is 18.3 Å². The monoisotopic (exact) mass is 470 g/mol. The molecule has 11 heteroatoms. The van der Waals surface area contributed by atoms with Gasteiger partial charge in [-0.1, -0.05) is 17.3 Å². The van der Waals surface area contributed by atoms with Crippen molar-refractivity contribution >= 4 is 5.69 Å². The highest BCUT2D eigenvalue weighted by molar-refractivity contribution is 5.58. The van der Waals surface area contributed by atoms with Crippen molar-refractivity contribution in [2.45, 2.75) is 32.7 Å². The largest absolute Gasteiger partial charge is 0.573 e. The lowest BCUT2D eigenvalue weighted by atomic mass is 10.2. The molecule has 1 aliphatic rings. The maximum atomic E-state index is 12.3. The number of halogens is 3. The minimum atomic E-state index is -4.75. The zero-order valence-corrected chi connectivity index (χ0v) is 18.3. The van der Waals surface area contributed by atoms with E-state index in [2.05, 4.69) is 48.1 Å². The summed E-state index contributed by atoms with van der Waals surface area (Å²) in [5.74, 6) is 0.975. The molecule has 176 valence electrons.